The number of hydrogen-bond donors (Lipinski definition) is 2. The first-order valence-corrected chi connectivity index (χ1v) is 7.59. The normalized spacial score (nSPS) is 11.9. The van der Waals surface area contributed by atoms with Crippen molar-refractivity contribution < 1.29 is 13.4 Å². The third-order valence-electron chi connectivity index (χ3n) is 2.91. The predicted molar refractivity (Wildman–Crippen MR) is 81.9 cm³/mol. The lowest BCUT2D eigenvalue weighted by molar-refractivity contribution is -0.113. The van der Waals surface area contributed by atoms with Crippen LogP contribution in [0.1, 0.15) is 5.56 Å². The summed E-state index contributed by atoms with van der Waals surface area (Å²) in [5.41, 5.74) is 7.51. The molecule has 6 heteroatoms. The SMILES string of the molecule is Cc1cccc(N)c1NC(=O)CS(=O)c1ccccc1F. The van der Waals surface area contributed by atoms with Gasteiger partial charge in [0.2, 0.25) is 5.91 Å². The van der Waals surface area contributed by atoms with Crippen LogP contribution in [-0.4, -0.2) is 15.9 Å². The van der Waals surface area contributed by atoms with Gasteiger partial charge in [0.15, 0.2) is 0 Å². The molecule has 0 aliphatic heterocycles. The fourth-order valence-corrected chi connectivity index (χ4v) is 2.84. The molecule has 110 valence electrons. The molecule has 0 fully saturated rings. The largest absolute Gasteiger partial charge is 0.397 e. The number of amides is 1. The van der Waals surface area contributed by atoms with Gasteiger partial charge in [0, 0.05) is 0 Å². The van der Waals surface area contributed by atoms with Gasteiger partial charge < -0.3 is 11.1 Å². The van der Waals surface area contributed by atoms with E-state index in [1.54, 1.807) is 31.2 Å². The number of nitrogens with one attached hydrogen (secondary N) is 1. The van der Waals surface area contributed by atoms with E-state index in [0.29, 0.717) is 11.4 Å². The van der Waals surface area contributed by atoms with Gasteiger partial charge >= 0.3 is 0 Å². The Morgan fingerprint density at radius 2 is 1.95 bits per heavy atom. The van der Waals surface area contributed by atoms with E-state index in [0.717, 1.165) is 5.56 Å². The quantitative estimate of drug-likeness (QED) is 0.852. The van der Waals surface area contributed by atoms with Crippen molar-refractivity contribution in [2.24, 2.45) is 0 Å². The molecule has 1 unspecified atom stereocenters. The van der Waals surface area contributed by atoms with Crippen molar-refractivity contribution in [3.63, 3.8) is 0 Å². The topological polar surface area (TPSA) is 72.2 Å². The maximum absolute atomic E-state index is 13.5. The average molecular weight is 306 g/mol. The van der Waals surface area contributed by atoms with Gasteiger partial charge in [0.25, 0.3) is 0 Å². The van der Waals surface area contributed by atoms with Crippen molar-refractivity contribution in [3.8, 4) is 0 Å². The summed E-state index contributed by atoms with van der Waals surface area (Å²) in [5, 5.41) is 2.62. The van der Waals surface area contributed by atoms with Gasteiger partial charge in [-0.25, -0.2) is 4.39 Å². The predicted octanol–water partition coefficient (Wildman–Crippen LogP) is 2.46. The summed E-state index contributed by atoms with van der Waals surface area (Å²) in [7, 11) is -1.74. The molecule has 2 aromatic rings. The number of nitrogen functional groups attached to an aromatic ring is 1. The fourth-order valence-electron chi connectivity index (χ4n) is 1.86. The third-order valence-corrected chi connectivity index (χ3v) is 4.26. The van der Waals surface area contributed by atoms with Crippen molar-refractivity contribution in [1.29, 1.82) is 0 Å². The van der Waals surface area contributed by atoms with Gasteiger partial charge in [0.05, 0.1) is 27.1 Å². The first-order valence-electron chi connectivity index (χ1n) is 6.27. The van der Waals surface area contributed by atoms with E-state index in [4.69, 9.17) is 5.73 Å². The Labute approximate surface area is 124 Å². The number of para-hydroxylation sites is 1. The second kappa shape index (κ2) is 6.49. The highest BCUT2D eigenvalue weighted by Crippen LogP contribution is 2.22. The Hall–Kier alpha value is -2.21. The number of carbonyl (C=O) groups is 1. The maximum atomic E-state index is 13.5. The molecule has 0 bridgehead atoms. The van der Waals surface area contributed by atoms with Gasteiger partial charge in [-0.3, -0.25) is 9.00 Å². The molecule has 0 aromatic heterocycles. The summed E-state index contributed by atoms with van der Waals surface area (Å²) in [5.74, 6) is -1.38. The lowest BCUT2D eigenvalue weighted by atomic mass is 10.1. The van der Waals surface area contributed by atoms with Crippen LogP contribution in [0.15, 0.2) is 47.4 Å². The number of aryl methyl sites for hydroxylation is 1. The molecule has 0 spiro atoms. The summed E-state index contributed by atoms with van der Waals surface area (Å²) >= 11 is 0. The van der Waals surface area contributed by atoms with Gasteiger partial charge in [-0.05, 0) is 30.7 Å². The second-order valence-corrected chi connectivity index (χ2v) is 5.93. The molecule has 0 aliphatic carbocycles. The van der Waals surface area contributed by atoms with Crippen molar-refractivity contribution >= 4 is 28.1 Å². The van der Waals surface area contributed by atoms with Crippen LogP contribution in [0.2, 0.25) is 0 Å². The van der Waals surface area contributed by atoms with Gasteiger partial charge in [-0.1, -0.05) is 24.3 Å². The zero-order chi connectivity index (χ0) is 15.4. The van der Waals surface area contributed by atoms with Gasteiger partial charge in [0.1, 0.15) is 11.6 Å². The van der Waals surface area contributed by atoms with E-state index in [1.807, 2.05) is 0 Å². The molecule has 2 rings (SSSR count). The number of benzene rings is 2. The van der Waals surface area contributed by atoms with Crippen LogP contribution in [-0.2, 0) is 15.6 Å². The molecule has 1 atom stereocenters. The van der Waals surface area contributed by atoms with Crippen LogP contribution in [0, 0.1) is 12.7 Å². The van der Waals surface area contributed by atoms with Gasteiger partial charge in [-0.2, -0.15) is 0 Å². The van der Waals surface area contributed by atoms with Crippen LogP contribution in [0.3, 0.4) is 0 Å². The molecule has 0 heterocycles. The summed E-state index contributed by atoms with van der Waals surface area (Å²) in [6, 6.07) is 10.9. The summed E-state index contributed by atoms with van der Waals surface area (Å²) < 4.78 is 25.5. The molecule has 0 aliphatic rings. The minimum Gasteiger partial charge on any atom is -0.397 e. The number of hydrogen-bond acceptors (Lipinski definition) is 3. The van der Waals surface area contributed by atoms with Crippen molar-refractivity contribution in [1.82, 2.24) is 0 Å². The first kappa shape index (κ1) is 15.2. The lowest BCUT2D eigenvalue weighted by Crippen LogP contribution is -2.21. The summed E-state index contributed by atoms with van der Waals surface area (Å²) in [6.07, 6.45) is 0. The maximum Gasteiger partial charge on any atom is 0.237 e. The van der Waals surface area contributed by atoms with Crippen molar-refractivity contribution in [2.75, 3.05) is 16.8 Å². The average Bonchev–Trinajstić information content (AvgIpc) is 2.43. The fraction of sp³-hybridized carbons (Fsp3) is 0.133. The van der Waals surface area contributed by atoms with Crippen LogP contribution in [0.5, 0.6) is 0 Å². The zero-order valence-electron chi connectivity index (χ0n) is 11.4. The standard InChI is InChI=1S/C15H15FN2O2S/c1-10-5-4-7-12(17)15(10)18-14(19)9-21(20)13-8-3-2-6-11(13)16/h2-8H,9,17H2,1H3,(H,18,19). The van der Waals surface area contributed by atoms with E-state index >= 15 is 0 Å². The van der Waals surface area contributed by atoms with E-state index in [1.165, 1.54) is 18.2 Å². The monoisotopic (exact) mass is 306 g/mol. The van der Waals surface area contributed by atoms with E-state index in [9.17, 15) is 13.4 Å². The van der Waals surface area contributed by atoms with Crippen LogP contribution in [0.4, 0.5) is 15.8 Å². The van der Waals surface area contributed by atoms with Crippen LogP contribution < -0.4 is 11.1 Å². The van der Waals surface area contributed by atoms with E-state index in [-0.39, 0.29) is 10.6 Å². The minimum atomic E-state index is -1.74. The number of halogens is 1. The Morgan fingerprint density at radius 3 is 2.62 bits per heavy atom. The highest BCUT2D eigenvalue weighted by Gasteiger charge is 2.15. The summed E-state index contributed by atoms with van der Waals surface area (Å²) in [4.78, 5) is 11.9. The lowest BCUT2D eigenvalue weighted by Gasteiger charge is -2.11. The van der Waals surface area contributed by atoms with Crippen molar-refractivity contribution in [2.45, 2.75) is 11.8 Å². The molecular formula is C15H15FN2O2S. The molecule has 21 heavy (non-hydrogen) atoms. The molecule has 0 saturated carbocycles. The Morgan fingerprint density at radius 1 is 1.24 bits per heavy atom. The molecule has 2 aromatic carbocycles. The van der Waals surface area contributed by atoms with E-state index < -0.39 is 22.5 Å². The molecule has 0 saturated heterocycles. The Kier molecular flexibility index (Phi) is 4.70. The highest BCUT2D eigenvalue weighted by molar-refractivity contribution is 7.85. The highest BCUT2D eigenvalue weighted by atomic mass is 32.2. The van der Waals surface area contributed by atoms with Crippen LogP contribution in [0.25, 0.3) is 0 Å². The smallest absolute Gasteiger partial charge is 0.237 e. The molecular weight excluding hydrogens is 291 g/mol. The second-order valence-electron chi connectivity index (χ2n) is 4.51. The minimum absolute atomic E-state index is 0.0189. The number of anilines is 2. The molecule has 1 amide bonds. The van der Waals surface area contributed by atoms with Crippen LogP contribution >= 0.6 is 0 Å². The van der Waals surface area contributed by atoms with Crippen molar-refractivity contribution in [3.05, 3.63) is 53.8 Å². The molecule has 0 radical (unpaired) electrons. The zero-order valence-corrected chi connectivity index (χ0v) is 12.2. The number of carbonyl (C=O) groups excluding carboxylic acids is 1. The summed E-state index contributed by atoms with van der Waals surface area (Å²) in [6.45, 7) is 1.81. The third kappa shape index (κ3) is 3.66. The Balaban J connectivity index is 2.09. The number of nitrogens with two attached hydrogens (primary N) is 1. The first-order chi connectivity index (χ1) is 9.99. The number of rotatable bonds is 4. The Bertz CT molecular complexity index is 684. The van der Waals surface area contributed by atoms with E-state index in [2.05, 4.69) is 5.32 Å². The van der Waals surface area contributed by atoms with Gasteiger partial charge in [-0.15, -0.1) is 0 Å². The molecule has 4 nitrogen and oxygen atoms in total. The molecule has 3 N–H and O–H groups in total.